The summed E-state index contributed by atoms with van der Waals surface area (Å²) in [6.45, 7) is 0.448. The topological polar surface area (TPSA) is 93.8 Å². The van der Waals surface area contributed by atoms with E-state index in [1.165, 1.54) is 0 Å². The van der Waals surface area contributed by atoms with Gasteiger partial charge < -0.3 is 5.11 Å². The number of fused-ring (bicyclic) bond motifs is 1. The quantitative estimate of drug-likeness (QED) is 0.766. The molecule has 106 valence electrons. The highest BCUT2D eigenvalue weighted by Gasteiger charge is 2.11. The molecule has 0 saturated carbocycles. The van der Waals surface area contributed by atoms with Crippen LogP contribution < -0.4 is 0 Å². The SMILES string of the molecule is O=C(O)CCCn1nnnc1-c1ccc2ccccc2n1. The van der Waals surface area contributed by atoms with Gasteiger partial charge in [-0.15, -0.1) is 5.10 Å². The number of benzene rings is 1. The Labute approximate surface area is 120 Å². The maximum absolute atomic E-state index is 10.6. The number of aromatic nitrogens is 5. The fraction of sp³-hybridized carbons (Fsp3) is 0.214. The van der Waals surface area contributed by atoms with E-state index in [1.54, 1.807) is 4.68 Å². The highest BCUT2D eigenvalue weighted by molar-refractivity contribution is 5.80. The fourth-order valence-corrected chi connectivity index (χ4v) is 2.11. The average molecular weight is 283 g/mol. The molecule has 7 heteroatoms. The van der Waals surface area contributed by atoms with Crippen molar-refractivity contribution in [3.05, 3.63) is 36.4 Å². The number of rotatable bonds is 5. The minimum absolute atomic E-state index is 0.0877. The van der Waals surface area contributed by atoms with Crippen molar-refractivity contribution >= 4 is 16.9 Å². The number of nitrogens with zero attached hydrogens (tertiary/aromatic N) is 5. The smallest absolute Gasteiger partial charge is 0.303 e. The van der Waals surface area contributed by atoms with E-state index in [2.05, 4.69) is 20.5 Å². The number of para-hydroxylation sites is 1. The number of hydrogen-bond donors (Lipinski definition) is 1. The molecule has 2 aromatic heterocycles. The van der Waals surface area contributed by atoms with Gasteiger partial charge in [0.25, 0.3) is 0 Å². The van der Waals surface area contributed by atoms with E-state index < -0.39 is 5.97 Å². The van der Waals surface area contributed by atoms with Crippen LogP contribution in [0.25, 0.3) is 22.4 Å². The zero-order valence-electron chi connectivity index (χ0n) is 11.2. The van der Waals surface area contributed by atoms with Gasteiger partial charge in [0.15, 0.2) is 0 Å². The van der Waals surface area contributed by atoms with Crippen molar-refractivity contribution in [3.63, 3.8) is 0 Å². The zero-order valence-corrected chi connectivity index (χ0v) is 11.2. The fourth-order valence-electron chi connectivity index (χ4n) is 2.11. The largest absolute Gasteiger partial charge is 0.481 e. The summed E-state index contributed by atoms with van der Waals surface area (Å²) in [5.74, 6) is -0.278. The minimum Gasteiger partial charge on any atom is -0.481 e. The van der Waals surface area contributed by atoms with Crippen LogP contribution in [0.5, 0.6) is 0 Å². The monoisotopic (exact) mass is 283 g/mol. The van der Waals surface area contributed by atoms with Crippen LogP contribution in [0.1, 0.15) is 12.8 Å². The summed E-state index contributed by atoms with van der Waals surface area (Å²) in [6.07, 6.45) is 0.561. The third kappa shape index (κ3) is 2.86. The number of tetrazole rings is 1. The van der Waals surface area contributed by atoms with E-state index >= 15 is 0 Å². The Bertz CT molecular complexity index is 784. The van der Waals surface area contributed by atoms with E-state index in [-0.39, 0.29) is 6.42 Å². The number of carboxylic acids is 1. The molecule has 0 saturated heterocycles. The third-order valence-corrected chi connectivity index (χ3v) is 3.12. The van der Waals surface area contributed by atoms with Gasteiger partial charge in [-0.25, -0.2) is 9.67 Å². The standard InChI is InChI=1S/C14H13N5O2/c20-13(21)6-3-9-19-14(16-17-18-19)12-8-7-10-4-1-2-5-11(10)15-12/h1-2,4-5,7-8H,3,6,9H2,(H,20,21). The van der Waals surface area contributed by atoms with Crippen LogP contribution >= 0.6 is 0 Å². The Hall–Kier alpha value is -2.83. The molecule has 2 heterocycles. The molecule has 21 heavy (non-hydrogen) atoms. The Kier molecular flexibility index (Phi) is 3.55. The molecule has 7 nitrogen and oxygen atoms in total. The Morgan fingerprint density at radius 3 is 2.90 bits per heavy atom. The second-order valence-corrected chi connectivity index (χ2v) is 4.61. The van der Waals surface area contributed by atoms with Gasteiger partial charge in [0.1, 0.15) is 5.69 Å². The van der Waals surface area contributed by atoms with E-state index in [0.29, 0.717) is 24.5 Å². The van der Waals surface area contributed by atoms with Crippen molar-refractivity contribution in [2.24, 2.45) is 0 Å². The first kappa shape index (κ1) is 13.2. The predicted octanol–water partition coefficient (Wildman–Crippen LogP) is 1.75. The van der Waals surface area contributed by atoms with Crippen molar-refractivity contribution in [3.8, 4) is 11.5 Å². The summed E-state index contributed by atoms with van der Waals surface area (Å²) in [4.78, 5) is 15.1. The summed E-state index contributed by atoms with van der Waals surface area (Å²) in [6, 6.07) is 11.6. The second kappa shape index (κ2) is 5.66. The molecule has 0 atom stereocenters. The average Bonchev–Trinajstić information content (AvgIpc) is 2.95. The van der Waals surface area contributed by atoms with Gasteiger partial charge in [-0.05, 0) is 29.0 Å². The summed E-state index contributed by atoms with van der Waals surface area (Å²) in [5.41, 5.74) is 1.55. The number of carbonyl (C=O) groups is 1. The maximum atomic E-state index is 10.6. The molecule has 0 aliphatic heterocycles. The number of aliphatic carboxylic acids is 1. The van der Waals surface area contributed by atoms with Gasteiger partial charge in [-0.2, -0.15) is 0 Å². The summed E-state index contributed by atoms with van der Waals surface area (Å²) < 4.78 is 1.58. The molecule has 0 amide bonds. The predicted molar refractivity (Wildman–Crippen MR) is 75.4 cm³/mol. The van der Waals surface area contributed by atoms with Crippen LogP contribution in [-0.2, 0) is 11.3 Å². The first-order valence-corrected chi connectivity index (χ1v) is 6.58. The Balaban J connectivity index is 1.88. The van der Waals surface area contributed by atoms with Gasteiger partial charge in [0, 0.05) is 18.4 Å². The lowest BCUT2D eigenvalue weighted by Crippen LogP contribution is -2.06. The molecule has 3 aromatic rings. The number of carboxylic acid groups (broad SMARTS) is 1. The van der Waals surface area contributed by atoms with Crippen LogP contribution in [0.2, 0.25) is 0 Å². The highest BCUT2D eigenvalue weighted by atomic mass is 16.4. The van der Waals surface area contributed by atoms with Crippen molar-refractivity contribution in [2.75, 3.05) is 0 Å². The molecule has 0 fully saturated rings. The highest BCUT2D eigenvalue weighted by Crippen LogP contribution is 2.18. The molecule has 1 aromatic carbocycles. The normalized spacial score (nSPS) is 10.9. The number of pyridine rings is 1. The zero-order chi connectivity index (χ0) is 14.7. The van der Waals surface area contributed by atoms with E-state index in [0.717, 1.165) is 10.9 Å². The molecule has 0 aliphatic carbocycles. The van der Waals surface area contributed by atoms with Gasteiger partial charge in [-0.3, -0.25) is 4.79 Å². The Morgan fingerprint density at radius 2 is 2.05 bits per heavy atom. The summed E-state index contributed by atoms with van der Waals surface area (Å²) in [7, 11) is 0. The molecule has 0 aliphatic rings. The van der Waals surface area contributed by atoms with Crippen LogP contribution in [-0.4, -0.2) is 36.3 Å². The summed E-state index contributed by atoms with van der Waals surface area (Å²) in [5, 5.41) is 21.2. The van der Waals surface area contributed by atoms with Gasteiger partial charge in [-0.1, -0.05) is 24.3 Å². The van der Waals surface area contributed by atoms with E-state index in [1.807, 2.05) is 36.4 Å². The molecular formula is C14H13N5O2. The molecule has 0 radical (unpaired) electrons. The van der Waals surface area contributed by atoms with Crippen LogP contribution in [0.15, 0.2) is 36.4 Å². The Morgan fingerprint density at radius 1 is 1.19 bits per heavy atom. The van der Waals surface area contributed by atoms with Gasteiger partial charge in [0.2, 0.25) is 5.82 Å². The lowest BCUT2D eigenvalue weighted by Gasteiger charge is -2.04. The maximum Gasteiger partial charge on any atom is 0.303 e. The molecule has 1 N–H and O–H groups in total. The molecule has 0 unspecified atom stereocenters. The second-order valence-electron chi connectivity index (χ2n) is 4.61. The van der Waals surface area contributed by atoms with Gasteiger partial charge in [0.05, 0.1) is 5.52 Å². The lowest BCUT2D eigenvalue weighted by atomic mass is 10.2. The van der Waals surface area contributed by atoms with E-state index in [4.69, 9.17) is 5.11 Å². The van der Waals surface area contributed by atoms with Crippen LogP contribution in [0, 0.1) is 0 Å². The molecular weight excluding hydrogens is 270 g/mol. The molecule has 3 rings (SSSR count). The minimum atomic E-state index is -0.826. The molecule has 0 spiro atoms. The van der Waals surface area contributed by atoms with Crippen LogP contribution in [0.3, 0.4) is 0 Å². The number of aryl methyl sites for hydroxylation is 1. The van der Waals surface area contributed by atoms with Crippen molar-refractivity contribution in [1.82, 2.24) is 25.2 Å². The van der Waals surface area contributed by atoms with E-state index in [9.17, 15) is 4.79 Å². The third-order valence-electron chi connectivity index (χ3n) is 3.12. The molecule has 0 bridgehead atoms. The van der Waals surface area contributed by atoms with Crippen molar-refractivity contribution in [1.29, 1.82) is 0 Å². The first-order chi connectivity index (χ1) is 10.2. The van der Waals surface area contributed by atoms with Crippen LogP contribution in [0.4, 0.5) is 0 Å². The lowest BCUT2D eigenvalue weighted by molar-refractivity contribution is -0.137. The van der Waals surface area contributed by atoms with Gasteiger partial charge >= 0.3 is 5.97 Å². The number of hydrogen-bond acceptors (Lipinski definition) is 5. The first-order valence-electron chi connectivity index (χ1n) is 6.58. The summed E-state index contributed by atoms with van der Waals surface area (Å²) >= 11 is 0. The van der Waals surface area contributed by atoms with Crippen molar-refractivity contribution < 1.29 is 9.90 Å². The van der Waals surface area contributed by atoms with Crippen molar-refractivity contribution in [2.45, 2.75) is 19.4 Å².